The van der Waals surface area contributed by atoms with E-state index < -0.39 is 71.9 Å². The van der Waals surface area contributed by atoms with Crippen LogP contribution in [0.25, 0.3) is 0 Å². The number of hydrogen-bond acceptors (Lipinski definition) is 8. The zero-order chi connectivity index (χ0) is 25.6. The Hall–Kier alpha value is -3.38. The first-order chi connectivity index (χ1) is 15.8. The molecule has 8 N–H and O–H groups in total. The number of benzene rings is 2. The number of nitrogens with zero attached hydrogens (tertiary/aromatic N) is 1. The highest BCUT2D eigenvalue weighted by molar-refractivity contribution is 5.83. The average molecular weight is 475 g/mol. The number of nitrogens with two attached hydrogens (primary N) is 2. The Morgan fingerprint density at radius 3 is 1.59 bits per heavy atom. The van der Waals surface area contributed by atoms with Crippen LogP contribution in [0.5, 0.6) is 0 Å². The summed E-state index contributed by atoms with van der Waals surface area (Å²) in [6.07, 6.45) is -3.42. The Morgan fingerprint density at radius 1 is 0.853 bits per heavy atom. The molecule has 1 atom stereocenters. The van der Waals surface area contributed by atoms with E-state index in [-0.39, 0.29) is 0 Å². The molecule has 11 heteroatoms. The molecule has 0 heterocycles. The Balaban J connectivity index is 2.65. The van der Waals surface area contributed by atoms with Gasteiger partial charge in [0.2, 0.25) is 17.9 Å². The van der Waals surface area contributed by atoms with E-state index >= 15 is 0 Å². The predicted octanol–water partition coefficient (Wildman–Crippen LogP) is -0.394. The van der Waals surface area contributed by atoms with Gasteiger partial charge in [-0.3, -0.25) is 19.7 Å². The van der Waals surface area contributed by atoms with Crippen LogP contribution >= 0.6 is 0 Å². The van der Waals surface area contributed by atoms with Crippen molar-refractivity contribution in [2.75, 3.05) is 0 Å². The second kappa shape index (κ2) is 10.7. The lowest BCUT2D eigenvalue weighted by atomic mass is 9.63. The van der Waals surface area contributed by atoms with E-state index in [1.165, 1.54) is 24.3 Å². The molecule has 0 aliphatic rings. The summed E-state index contributed by atoms with van der Waals surface area (Å²) in [6.45, 7) is 0. The predicted molar refractivity (Wildman–Crippen MR) is 120 cm³/mol. The van der Waals surface area contributed by atoms with Crippen LogP contribution in [0.3, 0.4) is 0 Å². The van der Waals surface area contributed by atoms with Crippen molar-refractivity contribution in [3.63, 3.8) is 0 Å². The summed E-state index contributed by atoms with van der Waals surface area (Å²) in [5.41, 5.74) is 8.20. The van der Waals surface area contributed by atoms with Crippen molar-refractivity contribution in [2.45, 2.75) is 49.7 Å². The summed E-state index contributed by atoms with van der Waals surface area (Å²) in [4.78, 5) is 35.0. The molecule has 0 fully saturated rings. The fourth-order valence-electron chi connectivity index (χ4n) is 4.15. The van der Waals surface area contributed by atoms with Gasteiger partial charge in [-0.1, -0.05) is 60.7 Å². The van der Waals surface area contributed by atoms with Gasteiger partial charge in [0.25, 0.3) is 0 Å². The first-order valence-electron chi connectivity index (χ1n) is 10.5. The van der Waals surface area contributed by atoms with Gasteiger partial charge in [-0.25, -0.2) is 0 Å². The number of nitro groups is 1. The van der Waals surface area contributed by atoms with Gasteiger partial charge in [0, 0.05) is 37.0 Å². The first-order valence-corrected chi connectivity index (χ1v) is 10.5. The van der Waals surface area contributed by atoms with Crippen molar-refractivity contribution in [1.29, 1.82) is 0 Å². The van der Waals surface area contributed by atoms with Crippen LogP contribution in [0.1, 0.15) is 30.4 Å². The standard InChI is InChI=1S/C23H29N3O8/c24-19(27)12-11-18(26(33)34)15-21(20(25)28,22(29,30)13-16-7-3-1-4-8-16)23(31,32)14-17-9-5-2-6-10-17/h1-10,18,29-32H,11-15H2,(H2,24,27)(H2,25,28). The van der Waals surface area contributed by atoms with Crippen LogP contribution < -0.4 is 11.5 Å². The number of carbonyl (C=O) groups is 2. The number of aliphatic hydroxyl groups is 4. The van der Waals surface area contributed by atoms with Gasteiger partial charge >= 0.3 is 0 Å². The number of hydrogen-bond donors (Lipinski definition) is 6. The maximum absolute atomic E-state index is 12.9. The largest absolute Gasteiger partial charge is 0.370 e. The maximum atomic E-state index is 12.9. The van der Waals surface area contributed by atoms with Gasteiger partial charge in [-0.15, -0.1) is 0 Å². The zero-order valence-electron chi connectivity index (χ0n) is 18.4. The van der Waals surface area contributed by atoms with Crippen LogP contribution in [-0.4, -0.2) is 54.8 Å². The number of amides is 2. The van der Waals surface area contributed by atoms with Gasteiger partial charge < -0.3 is 31.9 Å². The Morgan fingerprint density at radius 2 is 1.26 bits per heavy atom. The molecule has 0 radical (unpaired) electrons. The number of carbonyl (C=O) groups excluding carboxylic acids is 2. The second-order valence-corrected chi connectivity index (χ2v) is 8.38. The Bertz CT molecular complexity index is 942. The minimum absolute atomic E-state index is 0.295. The van der Waals surface area contributed by atoms with Crippen molar-refractivity contribution >= 4 is 11.8 Å². The number of rotatable bonds is 13. The molecule has 0 aromatic heterocycles. The minimum atomic E-state index is -3.24. The summed E-state index contributed by atoms with van der Waals surface area (Å²) in [6, 6.07) is 13.9. The van der Waals surface area contributed by atoms with E-state index in [2.05, 4.69) is 0 Å². The molecular weight excluding hydrogens is 446 g/mol. The van der Waals surface area contributed by atoms with Gasteiger partial charge in [0.05, 0.1) is 0 Å². The summed E-state index contributed by atoms with van der Waals surface area (Å²) >= 11 is 0. The first kappa shape index (κ1) is 26.9. The summed E-state index contributed by atoms with van der Waals surface area (Å²) in [7, 11) is 0. The third-order valence-electron chi connectivity index (χ3n) is 5.94. The molecule has 2 amide bonds. The highest BCUT2D eigenvalue weighted by Crippen LogP contribution is 2.47. The van der Waals surface area contributed by atoms with Crippen molar-refractivity contribution in [2.24, 2.45) is 16.9 Å². The molecule has 2 aromatic rings. The Kier molecular flexibility index (Phi) is 8.46. The summed E-state index contributed by atoms with van der Waals surface area (Å²) < 4.78 is 0. The molecule has 0 saturated carbocycles. The topological polar surface area (TPSA) is 210 Å². The molecule has 0 bridgehead atoms. The van der Waals surface area contributed by atoms with Crippen molar-refractivity contribution < 1.29 is 34.9 Å². The van der Waals surface area contributed by atoms with Crippen LogP contribution in [0.15, 0.2) is 60.7 Å². The lowest BCUT2D eigenvalue weighted by Gasteiger charge is -2.49. The van der Waals surface area contributed by atoms with E-state index in [1.54, 1.807) is 36.4 Å². The average Bonchev–Trinajstić information content (AvgIpc) is 2.73. The second-order valence-electron chi connectivity index (χ2n) is 8.38. The van der Waals surface area contributed by atoms with Gasteiger partial charge in [0.1, 0.15) is 0 Å². The smallest absolute Gasteiger partial charge is 0.234 e. The van der Waals surface area contributed by atoms with E-state index in [4.69, 9.17) is 11.5 Å². The normalized spacial score (nSPS) is 13.3. The van der Waals surface area contributed by atoms with Crippen LogP contribution in [-0.2, 0) is 22.4 Å². The van der Waals surface area contributed by atoms with E-state index in [0.717, 1.165) is 0 Å². The number of primary amides is 2. The lowest BCUT2D eigenvalue weighted by molar-refractivity contribution is -0.532. The fraction of sp³-hybridized carbons (Fsp3) is 0.391. The van der Waals surface area contributed by atoms with Gasteiger partial charge in [-0.05, 0) is 11.1 Å². The molecule has 0 spiro atoms. The SMILES string of the molecule is NC(=O)CCC(CC(C(N)=O)(C(O)(O)Cc1ccccc1)C(O)(O)Cc1ccccc1)[N+](=O)[O-]. The highest BCUT2D eigenvalue weighted by Gasteiger charge is 2.67. The molecule has 1 unspecified atom stereocenters. The molecule has 0 aliphatic carbocycles. The van der Waals surface area contributed by atoms with Crippen molar-refractivity contribution in [3.05, 3.63) is 81.9 Å². The van der Waals surface area contributed by atoms with Crippen molar-refractivity contribution in [1.82, 2.24) is 0 Å². The molecule has 0 saturated heterocycles. The van der Waals surface area contributed by atoms with Crippen LogP contribution in [0.2, 0.25) is 0 Å². The Labute approximate surface area is 195 Å². The minimum Gasteiger partial charge on any atom is -0.370 e. The molecule has 34 heavy (non-hydrogen) atoms. The van der Waals surface area contributed by atoms with Crippen LogP contribution in [0, 0.1) is 15.5 Å². The molecule has 11 nitrogen and oxygen atoms in total. The molecule has 2 rings (SSSR count). The lowest BCUT2D eigenvalue weighted by Crippen LogP contribution is -2.70. The monoisotopic (exact) mass is 475 g/mol. The third-order valence-corrected chi connectivity index (χ3v) is 5.94. The molecule has 2 aromatic carbocycles. The molecular formula is C23H29N3O8. The fourth-order valence-corrected chi connectivity index (χ4v) is 4.15. The highest BCUT2D eigenvalue weighted by atomic mass is 16.6. The van der Waals surface area contributed by atoms with E-state index in [0.29, 0.717) is 11.1 Å². The van der Waals surface area contributed by atoms with Gasteiger partial charge in [-0.2, -0.15) is 0 Å². The molecule has 184 valence electrons. The summed E-state index contributed by atoms with van der Waals surface area (Å²) in [5.74, 6) is -8.90. The third kappa shape index (κ3) is 5.94. The zero-order valence-corrected chi connectivity index (χ0v) is 18.4. The molecule has 0 aliphatic heterocycles. The van der Waals surface area contributed by atoms with E-state index in [1.807, 2.05) is 0 Å². The van der Waals surface area contributed by atoms with Gasteiger partial charge in [0.15, 0.2) is 17.0 Å². The quantitative estimate of drug-likeness (QED) is 0.127. The maximum Gasteiger partial charge on any atom is 0.234 e. The van der Waals surface area contributed by atoms with Crippen LogP contribution in [0.4, 0.5) is 0 Å². The summed E-state index contributed by atoms with van der Waals surface area (Å²) in [5, 5.41) is 56.5. The van der Waals surface area contributed by atoms with Crippen molar-refractivity contribution in [3.8, 4) is 0 Å². The van der Waals surface area contributed by atoms with E-state index in [9.17, 15) is 40.1 Å².